The summed E-state index contributed by atoms with van der Waals surface area (Å²) in [5.74, 6) is -1.37. The standard InChI is InChI=1S/C13H15F3N2O2/c14-13(15,16)8-3-4-11(10(6-8)12(19)20)18-5-1-2-9(17)7-18/h3-4,6,9H,1-2,5,7,17H2,(H,19,20). The van der Waals surface area contributed by atoms with Crippen molar-refractivity contribution in [1.82, 2.24) is 0 Å². The first-order valence-corrected chi connectivity index (χ1v) is 6.24. The minimum atomic E-state index is -4.55. The number of alkyl halides is 3. The van der Waals surface area contributed by atoms with Crippen LogP contribution in [0.2, 0.25) is 0 Å². The fraction of sp³-hybridized carbons (Fsp3) is 0.462. The van der Waals surface area contributed by atoms with Crippen molar-refractivity contribution in [1.29, 1.82) is 0 Å². The van der Waals surface area contributed by atoms with Gasteiger partial charge in [-0.15, -0.1) is 0 Å². The first-order chi connectivity index (χ1) is 9.29. The summed E-state index contributed by atoms with van der Waals surface area (Å²) < 4.78 is 37.9. The number of hydrogen-bond acceptors (Lipinski definition) is 3. The van der Waals surface area contributed by atoms with Crippen LogP contribution < -0.4 is 10.6 Å². The van der Waals surface area contributed by atoms with E-state index in [4.69, 9.17) is 10.8 Å². The summed E-state index contributed by atoms with van der Waals surface area (Å²) >= 11 is 0. The maximum Gasteiger partial charge on any atom is 0.416 e. The summed E-state index contributed by atoms with van der Waals surface area (Å²) in [5, 5.41) is 9.13. The minimum Gasteiger partial charge on any atom is -0.478 e. The van der Waals surface area contributed by atoms with Gasteiger partial charge in [0.2, 0.25) is 0 Å². The van der Waals surface area contributed by atoms with E-state index in [2.05, 4.69) is 0 Å². The van der Waals surface area contributed by atoms with E-state index in [9.17, 15) is 18.0 Å². The minimum absolute atomic E-state index is 0.0901. The summed E-state index contributed by atoms with van der Waals surface area (Å²) in [6.07, 6.45) is -2.93. The molecule has 1 unspecified atom stereocenters. The molecule has 1 saturated heterocycles. The normalized spacial score (nSPS) is 20.0. The molecule has 110 valence electrons. The Morgan fingerprint density at radius 1 is 1.40 bits per heavy atom. The number of hydrogen-bond donors (Lipinski definition) is 2. The average Bonchev–Trinajstić information content (AvgIpc) is 2.37. The fourth-order valence-electron chi connectivity index (χ4n) is 2.39. The van der Waals surface area contributed by atoms with Gasteiger partial charge in [-0.3, -0.25) is 0 Å². The van der Waals surface area contributed by atoms with Crippen LogP contribution in [0.15, 0.2) is 18.2 Å². The molecular formula is C13H15F3N2O2. The van der Waals surface area contributed by atoms with Gasteiger partial charge in [0.05, 0.1) is 16.8 Å². The number of carboxylic acids is 1. The van der Waals surface area contributed by atoms with Crippen LogP contribution in [0.25, 0.3) is 0 Å². The van der Waals surface area contributed by atoms with Gasteiger partial charge in [0.25, 0.3) is 0 Å². The van der Waals surface area contributed by atoms with Crippen molar-refractivity contribution in [3.63, 3.8) is 0 Å². The molecule has 1 aliphatic heterocycles. The molecule has 7 heteroatoms. The van der Waals surface area contributed by atoms with Crippen molar-refractivity contribution in [3.8, 4) is 0 Å². The number of nitrogens with zero attached hydrogens (tertiary/aromatic N) is 1. The lowest BCUT2D eigenvalue weighted by molar-refractivity contribution is -0.137. The van der Waals surface area contributed by atoms with Gasteiger partial charge in [-0.25, -0.2) is 4.79 Å². The van der Waals surface area contributed by atoms with Crippen molar-refractivity contribution < 1.29 is 23.1 Å². The smallest absolute Gasteiger partial charge is 0.416 e. The van der Waals surface area contributed by atoms with Gasteiger partial charge in [-0.2, -0.15) is 13.2 Å². The molecule has 3 N–H and O–H groups in total. The lowest BCUT2D eigenvalue weighted by atomic mass is 10.0. The summed E-state index contributed by atoms with van der Waals surface area (Å²) in [4.78, 5) is 12.9. The van der Waals surface area contributed by atoms with Crippen LogP contribution in [0.1, 0.15) is 28.8 Å². The van der Waals surface area contributed by atoms with Gasteiger partial charge in [0.15, 0.2) is 0 Å². The number of benzene rings is 1. The maximum absolute atomic E-state index is 12.6. The second-order valence-electron chi connectivity index (χ2n) is 4.88. The molecule has 0 bridgehead atoms. The molecule has 0 aromatic heterocycles. The van der Waals surface area contributed by atoms with E-state index in [1.807, 2.05) is 0 Å². The molecule has 2 rings (SSSR count). The zero-order valence-electron chi connectivity index (χ0n) is 10.7. The molecule has 20 heavy (non-hydrogen) atoms. The van der Waals surface area contributed by atoms with E-state index in [0.717, 1.165) is 18.9 Å². The molecule has 4 nitrogen and oxygen atoms in total. The monoisotopic (exact) mass is 288 g/mol. The predicted octanol–water partition coefficient (Wildman–Crippen LogP) is 2.33. The number of carboxylic acid groups (broad SMARTS) is 1. The van der Waals surface area contributed by atoms with E-state index in [1.165, 1.54) is 6.07 Å². The van der Waals surface area contributed by atoms with Crippen molar-refractivity contribution in [3.05, 3.63) is 29.3 Å². The third-order valence-electron chi connectivity index (χ3n) is 3.35. The number of halogens is 3. The van der Waals surface area contributed by atoms with Gasteiger partial charge >= 0.3 is 12.1 Å². The van der Waals surface area contributed by atoms with Crippen molar-refractivity contribution >= 4 is 11.7 Å². The number of rotatable bonds is 2. The van der Waals surface area contributed by atoms with E-state index >= 15 is 0 Å². The summed E-state index contributed by atoms with van der Waals surface area (Å²) in [6, 6.07) is 2.71. The van der Waals surface area contributed by atoms with E-state index in [1.54, 1.807) is 4.90 Å². The third-order valence-corrected chi connectivity index (χ3v) is 3.35. The van der Waals surface area contributed by atoms with Crippen LogP contribution >= 0.6 is 0 Å². The highest BCUT2D eigenvalue weighted by atomic mass is 19.4. The Hall–Kier alpha value is -1.76. The second kappa shape index (κ2) is 5.32. The second-order valence-corrected chi connectivity index (χ2v) is 4.88. The third kappa shape index (κ3) is 3.04. The molecule has 0 radical (unpaired) electrons. The van der Waals surface area contributed by atoms with Crippen LogP contribution in [-0.2, 0) is 6.18 Å². The average molecular weight is 288 g/mol. The van der Waals surface area contributed by atoms with Crippen LogP contribution in [0, 0.1) is 0 Å². The molecule has 1 atom stereocenters. The Morgan fingerprint density at radius 2 is 2.10 bits per heavy atom. The Balaban J connectivity index is 2.40. The zero-order valence-corrected chi connectivity index (χ0v) is 10.7. The number of carbonyl (C=O) groups is 1. The van der Waals surface area contributed by atoms with E-state index in [0.29, 0.717) is 24.8 Å². The van der Waals surface area contributed by atoms with Gasteiger partial charge < -0.3 is 15.7 Å². The largest absolute Gasteiger partial charge is 0.478 e. The van der Waals surface area contributed by atoms with Gasteiger partial charge in [0, 0.05) is 19.1 Å². The lowest BCUT2D eigenvalue weighted by Crippen LogP contribution is -2.43. The number of anilines is 1. The molecule has 1 aliphatic rings. The molecule has 0 spiro atoms. The molecule has 0 aliphatic carbocycles. The molecule has 1 aromatic rings. The molecule has 0 saturated carbocycles. The summed E-state index contributed by atoms with van der Waals surface area (Å²) in [7, 11) is 0. The number of nitrogens with two attached hydrogens (primary N) is 1. The highest BCUT2D eigenvalue weighted by Gasteiger charge is 2.32. The van der Waals surface area contributed by atoms with Crippen molar-refractivity contribution in [2.24, 2.45) is 5.73 Å². The summed E-state index contributed by atoms with van der Waals surface area (Å²) in [5.41, 5.74) is 4.81. The van der Waals surface area contributed by atoms with E-state index < -0.39 is 17.7 Å². The fourth-order valence-corrected chi connectivity index (χ4v) is 2.39. The van der Waals surface area contributed by atoms with Crippen LogP contribution in [-0.4, -0.2) is 30.2 Å². The summed E-state index contributed by atoms with van der Waals surface area (Å²) in [6.45, 7) is 1.05. The highest BCUT2D eigenvalue weighted by Crippen LogP contribution is 2.33. The van der Waals surface area contributed by atoms with Crippen molar-refractivity contribution in [2.75, 3.05) is 18.0 Å². The van der Waals surface area contributed by atoms with Crippen LogP contribution in [0.4, 0.5) is 18.9 Å². The Labute approximate surface area is 114 Å². The lowest BCUT2D eigenvalue weighted by Gasteiger charge is -2.33. The SMILES string of the molecule is NC1CCCN(c2ccc(C(F)(F)F)cc2C(=O)O)C1. The predicted molar refractivity (Wildman–Crippen MR) is 67.8 cm³/mol. The quantitative estimate of drug-likeness (QED) is 0.876. The first-order valence-electron chi connectivity index (χ1n) is 6.24. The van der Waals surface area contributed by atoms with Gasteiger partial charge in [-0.05, 0) is 31.0 Å². The van der Waals surface area contributed by atoms with Crippen LogP contribution in [0.3, 0.4) is 0 Å². The van der Waals surface area contributed by atoms with Crippen molar-refractivity contribution in [2.45, 2.75) is 25.1 Å². The molecule has 1 heterocycles. The van der Waals surface area contributed by atoms with E-state index in [-0.39, 0.29) is 11.6 Å². The number of aromatic carboxylic acids is 1. The topological polar surface area (TPSA) is 66.6 Å². The Kier molecular flexibility index (Phi) is 3.89. The highest BCUT2D eigenvalue weighted by molar-refractivity contribution is 5.94. The Bertz CT molecular complexity index is 517. The van der Waals surface area contributed by atoms with Crippen LogP contribution in [0.5, 0.6) is 0 Å². The maximum atomic E-state index is 12.6. The molecule has 1 aromatic carbocycles. The van der Waals surface area contributed by atoms with Gasteiger partial charge in [-0.1, -0.05) is 0 Å². The Morgan fingerprint density at radius 3 is 2.65 bits per heavy atom. The molecular weight excluding hydrogens is 273 g/mol. The molecule has 0 amide bonds. The molecule has 1 fully saturated rings. The number of piperidine rings is 1. The first kappa shape index (κ1) is 14.6. The zero-order chi connectivity index (χ0) is 14.9. The van der Waals surface area contributed by atoms with Gasteiger partial charge in [0.1, 0.15) is 0 Å².